The van der Waals surface area contributed by atoms with Gasteiger partial charge in [0, 0.05) is 24.9 Å². The van der Waals surface area contributed by atoms with Gasteiger partial charge in [-0.15, -0.1) is 0 Å². The first-order valence-electron chi connectivity index (χ1n) is 6.74. The second kappa shape index (κ2) is 5.47. The molecule has 108 valence electrons. The number of hydrogen-bond acceptors (Lipinski definition) is 4. The molecule has 0 aliphatic heterocycles. The van der Waals surface area contributed by atoms with Gasteiger partial charge < -0.3 is 5.73 Å². The molecule has 0 spiro atoms. The fourth-order valence-electron chi connectivity index (χ4n) is 3.31. The van der Waals surface area contributed by atoms with Gasteiger partial charge in [0.15, 0.2) is 0 Å². The van der Waals surface area contributed by atoms with Crippen LogP contribution in [0.4, 0.5) is 0 Å². The van der Waals surface area contributed by atoms with Gasteiger partial charge in [0.1, 0.15) is 9.84 Å². The van der Waals surface area contributed by atoms with Gasteiger partial charge in [0.2, 0.25) is 0 Å². The minimum absolute atomic E-state index is 0.0596. The number of sulfone groups is 1. The molecule has 0 saturated heterocycles. The average molecular weight is 276 g/mol. The summed E-state index contributed by atoms with van der Waals surface area (Å²) < 4.78 is 22.6. The first kappa shape index (κ1) is 15.9. The summed E-state index contributed by atoms with van der Waals surface area (Å²) in [7, 11) is -0.894. The molecule has 1 aliphatic rings. The maximum absolute atomic E-state index is 11.3. The topological polar surface area (TPSA) is 63.4 Å². The Morgan fingerprint density at radius 3 is 2.22 bits per heavy atom. The molecule has 1 atom stereocenters. The van der Waals surface area contributed by atoms with E-state index in [2.05, 4.69) is 18.7 Å². The van der Waals surface area contributed by atoms with E-state index < -0.39 is 9.84 Å². The molecule has 0 amide bonds. The molecule has 1 rings (SSSR count). The molecule has 0 aromatic carbocycles. The Hall–Kier alpha value is -0.130. The van der Waals surface area contributed by atoms with Crippen LogP contribution in [-0.2, 0) is 9.84 Å². The summed E-state index contributed by atoms with van der Waals surface area (Å²) in [5, 5.41) is 0. The van der Waals surface area contributed by atoms with Crippen molar-refractivity contribution < 1.29 is 8.42 Å². The molecular weight excluding hydrogens is 248 g/mol. The molecule has 4 nitrogen and oxygen atoms in total. The van der Waals surface area contributed by atoms with Crippen LogP contribution in [0, 0.1) is 5.41 Å². The number of likely N-dealkylation sites (N-methyl/N-ethyl adjacent to an activating group) is 1. The second-order valence-corrected chi connectivity index (χ2v) is 8.64. The highest BCUT2D eigenvalue weighted by Crippen LogP contribution is 2.46. The van der Waals surface area contributed by atoms with E-state index in [9.17, 15) is 8.42 Å². The Balaban J connectivity index is 2.86. The summed E-state index contributed by atoms with van der Waals surface area (Å²) in [6.45, 7) is 5.69. The van der Waals surface area contributed by atoms with E-state index in [0.29, 0.717) is 13.1 Å². The van der Waals surface area contributed by atoms with Crippen molar-refractivity contribution in [2.24, 2.45) is 11.1 Å². The number of hydrogen-bond donors (Lipinski definition) is 1. The second-order valence-electron chi connectivity index (χ2n) is 6.38. The van der Waals surface area contributed by atoms with E-state index in [1.54, 1.807) is 0 Å². The fourth-order valence-corrected chi connectivity index (χ4v) is 3.92. The normalized spacial score (nSPS) is 28.6. The van der Waals surface area contributed by atoms with Crippen LogP contribution in [0.3, 0.4) is 0 Å². The SMILES string of the molecule is CN(CCS(C)(=O)=O)C1(CN)CCCCC1(C)C. The Bertz CT molecular complexity index is 378. The molecule has 5 heteroatoms. The van der Waals surface area contributed by atoms with Crippen LogP contribution in [-0.4, -0.2) is 51.0 Å². The van der Waals surface area contributed by atoms with Gasteiger partial charge in [0.25, 0.3) is 0 Å². The lowest BCUT2D eigenvalue weighted by Gasteiger charge is -2.55. The summed E-state index contributed by atoms with van der Waals surface area (Å²) in [6.07, 6.45) is 5.95. The van der Waals surface area contributed by atoms with E-state index >= 15 is 0 Å². The highest BCUT2D eigenvalue weighted by molar-refractivity contribution is 7.90. The van der Waals surface area contributed by atoms with E-state index in [0.717, 1.165) is 12.8 Å². The third-order valence-corrected chi connectivity index (χ3v) is 5.69. The molecule has 1 unspecified atom stereocenters. The number of rotatable bonds is 5. The zero-order chi connectivity index (χ0) is 14.0. The first-order valence-corrected chi connectivity index (χ1v) is 8.80. The zero-order valence-electron chi connectivity index (χ0n) is 12.2. The largest absolute Gasteiger partial charge is 0.329 e. The van der Waals surface area contributed by atoms with Crippen molar-refractivity contribution in [3.63, 3.8) is 0 Å². The van der Waals surface area contributed by atoms with Gasteiger partial charge in [-0.2, -0.15) is 0 Å². The summed E-state index contributed by atoms with van der Waals surface area (Å²) in [6, 6.07) is 0. The van der Waals surface area contributed by atoms with Gasteiger partial charge >= 0.3 is 0 Å². The van der Waals surface area contributed by atoms with Gasteiger partial charge in [-0.25, -0.2) is 8.42 Å². The van der Waals surface area contributed by atoms with E-state index in [1.165, 1.54) is 19.1 Å². The quantitative estimate of drug-likeness (QED) is 0.821. The molecule has 1 fully saturated rings. The standard InChI is InChI=1S/C13H28N2O2S/c1-12(2)7-5-6-8-13(12,11-14)15(3)9-10-18(4,16)17/h5-11,14H2,1-4H3. The van der Waals surface area contributed by atoms with E-state index in [4.69, 9.17) is 5.73 Å². The molecule has 18 heavy (non-hydrogen) atoms. The molecule has 0 aromatic rings. The monoisotopic (exact) mass is 276 g/mol. The Morgan fingerprint density at radius 2 is 1.78 bits per heavy atom. The molecule has 1 aliphatic carbocycles. The Kier molecular flexibility index (Phi) is 4.84. The summed E-state index contributed by atoms with van der Waals surface area (Å²) in [4.78, 5) is 2.19. The maximum atomic E-state index is 11.3. The molecular formula is C13H28N2O2S. The molecule has 0 heterocycles. The Labute approximate surface area is 112 Å². The summed E-state index contributed by atoms with van der Waals surface area (Å²) >= 11 is 0. The lowest BCUT2D eigenvalue weighted by atomic mass is 9.62. The van der Waals surface area contributed by atoms with Gasteiger partial charge in [-0.05, 0) is 25.3 Å². The minimum Gasteiger partial charge on any atom is -0.329 e. The van der Waals surface area contributed by atoms with Crippen LogP contribution in [0.25, 0.3) is 0 Å². The Morgan fingerprint density at radius 1 is 1.22 bits per heavy atom. The third-order valence-electron chi connectivity index (χ3n) is 4.77. The maximum Gasteiger partial charge on any atom is 0.148 e. The minimum atomic E-state index is -2.91. The third kappa shape index (κ3) is 3.25. The molecule has 2 N–H and O–H groups in total. The van der Waals surface area contributed by atoms with Crippen molar-refractivity contribution in [1.82, 2.24) is 4.90 Å². The summed E-state index contributed by atoms with van der Waals surface area (Å²) in [5.41, 5.74) is 6.15. The van der Waals surface area contributed by atoms with Crippen LogP contribution in [0.1, 0.15) is 39.5 Å². The van der Waals surface area contributed by atoms with Gasteiger partial charge in [-0.1, -0.05) is 26.7 Å². The van der Waals surface area contributed by atoms with E-state index in [1.807, 2.05) is 7.05 Å². The van der Waals surface area contributed by atoms with Crippen molar-refractivity contribution in [2.75, 3.05) is 32.1 Å². The first-order chi connectivity index (χ1) is 8.15. The van der Waals surface area contributed by atoms with Crippen LogP contribution >= 0.6 is 0 Å². The van der Waals surface area contributed by atoms with Crippen LogP contribution in [0.2, 0.25) is 0 Å². The van der Waals surface area contributed by atoms with Crippen LogP contribution in [0.5, 0.6) is 0 Å². The van der Waals surface area contributed by atoms with Crippen LogP contribution < -0.4 is 5.73 Å². The predicted octanol–water partition coefficient (Wildman–Crippen LogP) is 1.26. The lowest BCUT2D eigenvalue weighted by Crippen LogP contribution is -2.63. The predicted molar refractivity (Wildman–Crippen MR) is 76.4 cm³/mol. The molecule has 0 bridgehead atoms. The zero-order valence-corrected chi connectivity index (χ0v) is 13.0. The van der Waals surface area contributed by atoms with Gasteiger partial charge in [-0.3, -0.25) is 4.90 Å². The number of nitrogens with two attached hydrogens (primary N) is 1. The van der Waals surface area contributed by atoms with Crippen molar-refractivity contribution >= 4 is 9.84 Å². The number of nitrogens with zero attached hydrogens (tertiary/aromatic N) is 1. The van der Waals surface area contributed by atoms with Crippen LogP contribution in [0.15, 0.2) is 0 Å². The average Bonchev–Trinajstić information content (AvgIpc) is 2.25. The smallest absolute Gasteiger partial charge is 0.148 e. The molecule has 0 aromatic heterocycles. The summed E-state index contributed by atoms with van der Waals surface area (Å²) in [5.74, 6) is 0.210. The van der Waals surface area contributed by atoms with E-state index in [-0.39, 0.29) is 16.7 Å². The molecule has 1 saturated carbocycles. The van der Waals surface area contributed by atoms with Gasteiger partial charge in [0.05, 0.1) is 5.75 Å². The molecule has 0 radical (unpaired) electrons. The van der Waals surface area contributed by atoms with Crippen molar-refractivity contribution in [2.45, 2.75) is 45.1 Å². The van der Waals surface area contributed by atoms with Crippen molar-refractivity contribution in [1.29, 1.82) is 0 Å². The fraction of sp³-hybridized carbons (Fsp3) is 1.00. The van der Waals surface area contributed by atoms with Crippen molar-refractivity contribution in [3.8, 4) is 0 Å². The van der Waals surface area contributed by atoms with Crippen molar-refractivity contribution in [3.05, 3.63) is 0 Å². The lowest BCUT2D eigenvalue weighted by molar-refractivity contribution is -0.0253. The highest BCUT2D eigenvalue weighted by Gasteiger charge is 2.48. The highest BCUT2D eigenvalue weighted by atomic mass is 32.2.